The number of nitrogens with one attached hydrogen (secondary N) is 1. The first-order valence-electron chi connectivity index (χ1n) is 10.2. The molecule has 1 unspecified atom stereocenters. The van der Waals surface area contributed by atoms with E-state index in [1.807, 2.05) is 6.07 Å². The van der Waals surface area contributed by atoms with Crippen LogP contribution >= 0.6 is 11.8 Å². The molecular formula is C24H19F2N4O3S-. The van der Waals surface area contributed by atoms with Crippen LogP contribution in [0.25, 0.3) is 0 Å². The number of halogens is 2. The lowest BCUT2D eigenvalue weighted by atomic mass is 10.0. The zero-order valence-electron chi connectivity index (χ0n) is 18.2. The molecular weight excluding hydrogens is 462 g/mol. The molecule has 174 valence electrons. The lowest BCUT2D eigenvalue weighted by Gasteiger charge is -2.42. The van der Waals surface area contributed by atoms with Crippen LogP contribution < -0.4 is 10.1 Å². The number of ether oxygens (including phenoxy) is 1. The number of para-hydroxylation sites is 1. The van der Waals surface area contributed by atoms with Crippen molar-refractivity contribution in [1.29, 1.82) is 5.26 Å². The molecule has 2 aromatic carbocycles. The summed E-state index contributed by atoms with van der Waals surface area (Å²) in [5.41, 5.74) is 2.27. The van der Waals surface area contributed by atoms with Gasteiger partial charge in [-0.2, -0.15) is 5.26 Å². The van der Waals surface area contributed by atoms with Gasteiger partial charge in [-0.1, -0.05) is 18.2 Å². The van der Waals surface area contributed by atoms with Crippen LogP contribution in [0.15, 0.2) is 53.6 Å². The van der Waals surface area contributed by atoms with Crippen LogP contribution in [-0.4, -0.2) is 23.1 Å². The smallest absolute Gasteiger partial charge is 0.280 e. The van der Waals surface area contributed by atoms with E-state index in [-0.39, 0.29) is 16.3 Å². The third-order valence-corrected chi connectivity index (χ3v) is 6.43. The van der Waals surface area contributed by atoms with E-state index in [9.17, 15) is 24.0 Å². The number of nitrogens with zero attached hydrogens (tertiary/aromatic N) is 3. The molecule has 1 N–H and O–H groups in total. The Balaban J connectivity index is 1.65. The summed E-state index contributed by atoms with van der Waals surface area (Å²) in [6, 6.07) is 15.0. The number of aromatic nitrogens is 1. The minimum Gasteiger partial charge on any atom is -0.754 e. The van der Waals surface area contributed by atoms with Gasteiger partial charge in [0.05, 0.1) is 18.2 Å². The number of benzene rings is 2. The highest BCUT2D eigenvalue weighted by atomic mass is 32.2. The van der Waals surface area contributed by atoms with Crippen molar-refractivity contribution in [2.45, 2.75) is 30.3 Å². The minimum absolute atomic E-state index is 0.190. The van der Waals surface area contributed by atoms with E-state index in [0.29, 0.717) is 38.8 Å². The van der Waals surface area contributed by atoms with E-state index in [1.165, 1.54) is 13.2 Å². The summed E-state index contributed by atoms with van der Waals surface area (Å²) in [6.07, 6.45) is -3.71. The molecule has 1 amide bonds. The van der Waals surface area contributed by atoms with Crippen LogP contribution in [0.2, 0.25) is 0 Å². The molecule has 1 aromatic heterocycles. The molecule has 1 aliphatic rings. The number of rotatable bonds is 6. The van der Waals surface area contributed by atoms with Gasteiger partial charge in [-0.15, -0.1) is 11.8 Å². The molecule has 3 aromatic rings. The van der Waals surface area contributed by atoms with Gasteiger partial charge in [0.1, 0.15) is 28.7 Å². The van der Waals surface area contributed by atoms with Gasteiger partial charge in [0.2, 0.25) is 5.91 Å². The Labute approximate surface area is 198 Å². The van der Waals surface area contributed by atoms with E-state index in [4.69, 9.17) is 4.74 Å². The predicted molar refractivity (Wildman–Crippen MR) is 124 cm³/mol. The SMILES string of the molecule is COc1ccc(C2Nc3ccccc3C(=O)N2[O-])cc1CSc1nc(C(F)F)cc(C)c1C#N. The first-order chi connectivity index (χ1) is 16.3. The second-order valence-electron chi connectivity index (χ2n) is 7.54. The third-order valence-electron chi connectivity index (χ3n) is 5.41. The predicted octanol–water partition coefficient (Wildman–Crippen LogP) is 5.56. The fourth-order valence-electron chi connectivity index (χ4n) is 3.70. The van der Waals surface area contributed by atoms with Gasteiger partial charge in [0, 0.05) is 17.0 Å². The van der Waals surface area contributed by atoms with Crippen molar-refractivity contribution in [3.8, 4) is 11.8 Å². The standard InChI is InChI=1S/C24H19F2N4O3S/c1-13-9-19(21(25)26)29-23(17(13)11-27)34-12-15-10-14(7-8-20(15)33-2)22-28-18-6-4-3-5-16(18)24(31)30(22)32/h3-10,21-22,28H,12H2,1-2H3/q-1. The summed E-state index contributed by atoms with van der Waals surface area (Å²) in [7, 11) is 1.49. The highest BCUT2D eigenvalue weighted by molar-refractivity contribution is 7.98. The molecule has 0 radical (unpaired) electrons. The monoisotopic (exact) mass is 481 g/mol. The third kappa shape index (κ3) is 4.40. The van der Waals surface area contributed by atoms with Crippen LogP contribution in [0, 0.1) is 23.5 Å². The molecule has 0 bridgehead atoms. The largest absolute Gasteiger partial charge is 0.754 e. The zero-order chi connectivity index (χ0) is 24.4. The Morgan fingerprint density at radius 3 is 2.76 bits per heavy atom. The minimum atomic E-state index is -2.76. The molecule has 0 aliphatic carbocycles. The Hall–Kier alpha value is -3.68. The van der Waals surface area contributed by atoms with E-state index < -0.39 is 24.2 Å². The van der Waals surface area contributed by atoms with Gasteiger partial charge in [-0.05, 0) is 48.4 Å². The Kier molecular flexibility index (Phi) is 6.68. The number of alkyl halides is 2. The van der Waals surface area contributed by atoms with Crippen molar-refractivity contribution in [3.05, 3.63) is 87.2 Å². The number of carbonyl (C=O) groups excluding carboxylic acids is 1. The molecule has 0 saturated carbocycles. The maximum atomic E-state index is 13.2. The van der Waals surface area contributed by atoms with Crippen molar-refractivity contribution in [3.63, 3.8) is 0 Å². The number of hydroxylamine groups is 2. The zero-order valence-corrected chi connectivity index (χ0v) is 19.0. The van der Waals surface area contributed by atoms with Crippen LogP contribution in [0.5, 0.6) is 5.75 Å². The Bertz CT molecular complexity index is 1300. The lowest BCUT2D eigenvalue weighted by Crippen LogP contribution is -2.39. The quantitative estimate of drug-likeness (QED) is 0.460. The first-order valence-corrected chi connectivity index (χ1v) is 11.2. The average Bonchev–Trinajstić information content (AvgIpc) is 2.84. The number of hydrogen-bond donors (Lipinski definition) is 1. The number of amides is 1. The van der Waals surface area contributed by atoms with Crippen LogP contribution in [0.3, 0.4) is 0 Å². The van der Waals surface area contributed by atoms with Gasteiger partial charge >= 0.3 is 0 Å². The molecule has 1 aliphatic heterocycles. The van der Waals surface area contributed by atoms with E-state index in [2.05, 4.69) is 10.3 Å². The fourth-order valence-corrected chi connectivity index (χ4v) is 4.74. The maximum Gasteiger partial charge on any atom is 0.280 e. The van der Waals surface area contributed by atoms with Crippen molar-refractivity contribution in [2.75, 3.05) is 12.4 Å². The van der Waals surface area contributed by atoms with Crippen LogP contribution in [0.4, 0.5) is 14.5 Å². The number of aryl methyl sites for hydroxylation is 1. The molecule has 0 fully saturated rings. The first kappa shape index (κ1) is 23.5. The summed E-state index contributed by atoms with van der Waals surface area (Å²) in [4.78, 5) is 16.5. The number of nitriles is 1. The topological polar surface area (TPSA) is 101 Å². The molecule has 4 rings (SSSR count). The number of anilines is 1. The second-order valence-corrected chi connectivity index (χ2v) is 8.50. The number of pyridine rings is 1. The molecule has 1 atom stereocenters. The molecule has 7 nitrogen and oxygen atoms in total. The summed E-state index contributed by atoms with van der Waals surface area (Å²) in [5.74, 6) is 0.103. The Morgan fingerprint density at radius 1 is 1.29 bits per heavy atom. The van der Waals surface area contributed by atoms with Crippen molar-refractivity contribution in [1.82, 2.24) is 10.0 Å². The highest BCUT2D eigenvalue weighted by Gasteiger charge is 2.27. The van der Waals surface area contributed by atoms with Gasteiger partial charge in [0.25, 0.3) is 6.43 Å². The number of fused-ring (bicyclic) bond motifs is 1. The maximum absolute atomic E-state index is 13.2. The summed E-state index contributed by atoms with van der Waals surface area (Å²) in [5, 5.41) is 25.8. The number of thioether (sulfide) groups is 1. The van der Waals surface area contributed by atoms with Gasteiger partial charge < -0.3 is 20.3 Å². The summed E-state index contributed by atoms with van der Waals surface area (Å²) < 4.78 is 31.9. The Morgan fingerprint density at radius 2 is 2.06 bits per heavy atom. The van der Waals surface area contributed by atoms with E-state index in [0.717, 1.165) is 11.8 Å². The van der Waals surface area contributed by atoms with E-state index >= 15 is 0 Å². The van der Waals surface area contributed by atoms with Gasteiger partial charge in [-0.3, -0.25) is 4.79 Å². The van der Waals surface area contributed by atoms with Crippen molar-refractivity contribution < 1.29 is 18.3 Å². The summed E-state index contributed by atoms with van der Waals surface area (Å²) >= 11 is 1.12. The fraction of sp³-hybridized carbons (Fsp3) is 0.208. The van der Waals surface area contributed by atoms with Gasteiger partial charge in [-0.25, -0.2) is 13.8 Å². The lowest BCUT2D eigenvalue weighted by molar-refractivity contribution is 0.0771. The van der Waals surface area contributed by atoms with Gasteiger partial charge in [0.15, 0.2) is 0 Å². The number of methoxy groups -OCH3 is 1. The number of carbonyl (C=O) groups is 1. The molecule has 10 heteroatoms. The summed E-state index contributed by atoms with van der Waals surface area (Å²) in [6.45, 7) is 1.59. The van der Waals surface area contributed by atoms with Crippen LogP contribution in [-0.2, 0) is 5.75 Å². The molecule has 0 saturated heterocycles. The highest BCUT2D eigenvalue weighted by Crippen LogP contribution is 2.36. The number of hydrogen-bond acceptors (Lipinski definition) is 7. The van der Waals surface area contributed by atoms with Crippen molar-refractivity contribution >= 4 is 23.4 Å². The van der Waals surface area contributed by atoms with Crippen LogP contribution in [0.1, 0.15) is 50.9 Å². The average molecular weight is 482 g/mol. The normalized spacial score (nSPS) is 15.0. The molecule has 2 heterocycles. The van der Waals surface area contributed by atoms with E-state index in [1.54, 1.807) is 49.4 Å². The van der Waals surface area contributed by atoms with Crippen molar-refractivity contribution in [2.24, 2.45) is 0 Å². The molecule has 0 spiro atoms. The second kappa shape index (κ2) is 9.67. The molecule has 34 heavy (non-hydrogen) atoms.